The number of nitrogens with one attached hydrogen (secondary N) is 2. The summed E-state index contributed by atoms with van der Waals surface area (Å²) in [6, 6.07) is 9.13. The van der Waals surface area contributed by atoms with E-state index in [2.05, 4.69) is 10.3 Å². The lowest BCUT2D eigenvalue weighted by Crippen LogP contribution is -2.58. The van der Waals surface area contributed by atoms with Crippen LogP contribution in [0.4, 0.5) is 4.39 Å². The molecule has 5 nitrogen and oxygen atoms in total. The Hall–Kier alpha value is -2.80. The van der Waals surface area contributed by atoms with Gasteiger partial charge in [0.25, 0.3) is 0 Å². The Balaban J connectivity index is 1.88. The first-order valence-corrected chi connectivity index (χ1v) is 9.02. The summed E-state index contributed by atoms with van der Waals surface area (Å²) in [5.74, 6) is -0.541. The van der Waals surface area contributed by atoms with E-state index in [1.165, 1.54) is 17.2 Å². The quantitative estimate of drug-likeness (QED) is 0.678. The van der Waals surface area contributed by atoms with Gasteiger partial charge in [-0.3, -0.25) is 15.1 Å². The van der Waals surface area contributed by atoms with E-state index >= 15 is 0 Å². The van der Waals surface area contributed by atoms with Crippen LogP contribution in [-0.2, 0) is 10.3 Å². The monoisotopic (exact) mass is 368 g/mol. The zero-order valence-corrected chi connectivity index (χ0v) is 15.2. The number of hydrogen-bond acceptors (Lipinski definition) is 4. The minimum absolute atomic E-state index is 0.0826. The molecule has 1 saturated heterocycles. The highest BCUT2D eigenvalue weighted by molar-refractivity contribution is 7.17. The summed E-state index contributed by atoms with van der Waals surface area (Å²) < 4.78 is 14.3. The van der Waals surface area contributed by atoms with Crippen LogP contribution < -0.4 is 5.32 Å². The number of carbonyl (C=O) groups is 1. The summed E-state index contributed by atoms with van der Waals surface area (Å²) in [5.41, 5.74) is 1.99. The molecule has 0 spiro atoms. The predicted molar refractivity (Wildman–Crippen MR) is 101 cm³/mol. The van der Waals surface area contributed by atoms with Gasteiger partial charge in [0.05, 0.1) is 12.0 Å². The van der Waals surface area contributed by atoms with E-state index in [-0.39, 0.29) is 18.3 Å². The molecule has 1 aromatic carbocycles. The minimum Gasteiger partial charge on any atom is -0.346 e. The van der Waals surface area contributed by atoms with Gasteiger partial charge in [-0.25, -0.2) is 4.98 Å². The van der Waals surface area contributed by atoms with Gasteiger partial charge in [-0.2, -0.15) is 4.39 Å². The van der Waals surface area contributed by atoms with Gasteiger partial charge in [-0.1, -0.05) is 0 Å². The molecule has 132 valence electrons. The van der Waals surface area contributed by atoms with Gasteiger partial charge >= 0.3 is 0 Å². The minimum atomic E-state index is -0.682. The number of guanidine groups is 1. The van der Waals surface area contributed by atoms with E-state index in [4.69, 9.17) is 5.41 Å². The predicted octanol–water partition coefficient (Wildman–Crippen LogP) is 3.70. The molecule has 2 aromatic heterocycles. The molecule has 0 bridgehead atoms. The molecule has 1 aliphatic rings. The van der Waals surface area contributed by atoms with Crippen LogP contribution >= 0.6 is 11.3 Å². The number of halogens is 1. The van der Waals surface area contributed by atoms with Crippen molar-refractivity contribution < 1.29 is 9.18 Å². The molecular formula is C19H17FN4OS. The maximum atomic E-state index is 13.2. The average Bonchev–Trinajstić information content (AvgIpc) is 3.08. The van der Waals surface area contributed by atoms with Gasteiger partial charge in [-0.05, 0) is 53.6 Å². The third kappa shape index (κ3) is 2.64. The van der Waals surface area contributed by atoms with E-state index in [0.717, 1.165) is 26.8 Å². The number of carbonyl (C=O) groups excluding carboxylic acids is 1. The SMILES string of the molecule is CN1C(=N)N[C@](C)(c2cc(-c3ccc(F)nc3)c3sccc3c2)CC1=O. The second-order valence-corrected chi connectivity index (χ2v) is 7.58. The van der Waals surface area contributed by atoms with Crippen molar-refractivity contribution in [3.05, 3.63) is 53.4 Å². The lowest BCUT2D eigenvalue weighted by Gasteiger charge is -2.39. The van der Waals surface area contributed by atoms with Crippen LogP contribution in [-0.4, -0.2) is 28.8 Å². The molecule has 0 saturated carbocycles. The fourth-order valence-corrected chi connectivity index (χ4v) is 4.18. The van der Waals surface area contributed by atoms with Crippen LogP contribution in [0.3, 0.4) is 0 Å². The highest BCUT2D eigenvalue weighted by Gasteiger charge is 2.38. The van der Waals surface area contributed by atoms with Crippen molar-refractivity contribution in [1.82, 2.24) is 15.2 Å². The maximum absolute atomic E-state index is 13.2. The molecule has 1 fully saturated rings. The van der Waals surface area contributed by atoms with Crippen LogP contribution in [0.25, 0.3) is 21.2 Å². The van der Waals surface area contributed by atoms with E-state index in [0.29, 0.717) is 0 Å². The normalized spacial score (nSPS) is 20.5. The van der Waals surface area contributed by atoms with Crippen molar-refractivity contribution >= 4 is 33.3 Å². The number of thiophene rings is 1. The second kappa shape index (κ2) is 5.88. The largest absolute Gasteiger partial charge is 0.346 e. The van der Waals surface area contributed by atoms with Crippen molar-refractivity contribution in [3.8, 4) is 11.1 Å². The highest BCUT2D eigenvalue weighted by atomic mass is 32.1. The molecule has 1 atom stereocenters. The molecule has 26 heavy (non-hydrogen) atoms. The average molecular weight is 368 g/mol. The molecule has 2 N–H and O–H groups in total. The first-order chi connectivity index (χ1) is 12.4. The molecular weight excluding hydrogens is 351 g/mol. The van der Waals surface area contributed by atoms with Gasteiger partial charge in [-0.15, -0.1) is 11.3 Å². The van der Waals surface area contributed by atoms with Crippen molar-refractivity contribution in [2.75, 3.05) is 7.05 Å². The summed E-state index contributed by atoms with van der Waals surface area (Å²) >= 11 is 1.61. The Bertz CT molecular complexity index is 1010. The van der Waals surface area contributed by atoms with Gasteiger partial charge in [0.1, 0.15) is 0 Å². The molecule has 0 aliphatic carbocycles. The summed E-state index contributed by atoms with van der Waals surface area (Å²) in [6.45, 7) is 1.92. The van der Waals surface area contributed by atoms with E-state index in [9.17, 15) is 9.18 Å². The zero-order valence-electron chi connectivity index (χ0n) is 14.3. The zero-order chi connectivity index (χ0) is 18.5. The fraction of sp³-hybridized carbons (Fsp3) is 0.211. The lowest BCUT2D eigenvalue weighted by molar-refractivity contribution is -0.129. The number of benzene rings is 1. The molecule has 0 unspecified atom stereocenters. The van der Waals surface area contributed by atoms with Gasteiger partial charge < -0.3 is 5.32 Å². The van der Waals surface area contributed by atoms with Crippen LogP contribution in [0.1, 0.15) is 18.9 Å². The molecule has 7 heteroatoms. The molecule has 0 radical (unpaired) electrons. The smallest absolute Gasteiger partial charge is 0.231 e. The molecule has 1 aliphatic heterocycles. The fourth-order valence-electron chi connectivity index (χ4n) is 3.26. The first-order valence-electron chi connectivity index (χ1n) is 8.14. The first kappa shape index (κ1) is 16.7. The Morgan fingerprint density at radius 1 is 1.35 bits per heavy atom. The Kier molecular flexibility index (Phi) is 3.77. The molecule has 1 amide bonds. The molecule has 4 rings (SSSR count). The summed E-state index contributed by atoms with van der Waals surface area (Å²) in [5, 5.41) is 14.3. The van der Waals surface area contributed by atoms with Gasteiger partial charge in [0, 0.05) is 29.1 Å². The lowest BCUT2D eigenvalue weighted by atomic mass is 9.84. The van der Waals surface area contributed by atoms with Gasteiger partial charge in [0.2, 0.25) is 11.9 Å². The number of hydrogen-bond donors (Lipinski definition) is 2. The number of aromatic nitrogens is 1. The third-order valence-electron chi connectivity index (χ3n) is 4.84. The van der Waals surface area contributed by atoms with Crippen molar-refractivity contribution in [2.24, 2.45) is 0 Å². The summed E-state index contributed by atoms with van der Waals surface area (Å²) in [7, 11) is 1.59. The van der Waals surface area contributed by atoms with E-state index < -0.39 is 11.5 Å². The third-order valence-corrected chi connectivity index (χ3v) is 5.80. The van der Waals surface area contributed by atoms with Crippen LogP contribution in [0.5, 0.6) is 0 Å². The van der Waals surface area contributed by atoms with Crippen molar-refractivity contribution in [3.63, 3.8) is 0 Å². The maximum Gasteiger partial charge on any atom is 0.231 e. The number of nitrogens with zero attached hydrogens (tertiary/aromatic N) is 2. The second-order valence-electron chi connectivity index (χ2n) is 6.67. The Morgan fingerprint density at radius 3 is 2.85 bits per heavy atom. The number of rotatable bonds is 2. The number of amides is 1. The van der Waals surface area contributed by atoms with Crippen LogP contribution in [0.15, 0.2) is 41.9 Å². The standard InChI is InChI=1S/C19H17FN4OS/c1-19(9-16(25)24(2)18(21)23-19)13-7-11-5-6-26-17(11)14(8-13)12-3-4-15(20)22-10-12/h3-8,10H,9H2,1-2H3,(H2,21,23)/t19-/m0/s1. The number of fused-ring (bicyclic) bond motifs is 1. The number of pyridine rings is 1. The summed E-state index contributed by atoms with van der Waals surface area (Å²) in [6.07, 6.45) is 1.77. The molecule has 3 heterocycles. The van der Waals surface area contributed by atoms with Crippen LogP contribution in [0, 0.1) is 11.4 Å². The van der Waals surface area contributed by atoms with E-state index in [1.807, 2.05) is 30.5 Å². The van der Waals surface area contributed by atoms with E-state index in [1.54, 1.807) is 24.5 Å². The van der Waals surface area contributed by atoms with Crippen molar-refractivity contribution in [2.45, 2.75) is 18.9 Å². The van der Waals surface area contributed by atoms with Crippen molar-refractivity contribution in [1.29, 1.82) is 5.41 Å². The Morgan fingerprint density at radius 2 is 2.15 bits per heavy atom. The van der Waals surface area contributed by atoms with Crippen LogP contribution in [0.2, 0.25) is 0 Å². The summed E-state index contributed by atoms with van der Waals surface area (Å²) in [4.78, 5) is 17.4. The Labute approximate surface area is 154 Å². The molecule has 3 aromatic rings. The van der Waals surface area contributed by atoms with Gasteiger partial charge in [0.15, 0.2) is 5.96 Å². The highest BCUT2D eigenvalue weighted by Crippen LogP contribution is 2.38. The topological polar surface area (TPSA) is 69.1 Å².